The van der Waals surface area contributed by atoms with Crippen molar-refractivity contribution in [3.05, 3.63) is 52.8 Å². The summed E-state index contributed by atoms with van der Waals surface area (Å²) in [5.74, 6) is 1.99. The maximum atomic E-state index is 13.8. The minimum atomic E-state index is -0.307. The Labute approximate surface area is 163 Å². The van der Waals surface area contributed by atoms with Crippen molar-refractivity contribution in [2.24, 2.45) is 10.7 Å². The van der Waals surface area contributed by atoms with Crippen LogP contribution in [0.3, 0.4) is 0 Å². The van der Waals surface area contributed by atoms with E-state index in [1.165, 1.54) is 12.1 Å². The molecule has 3 N–H and O–H groups in total. The second kappa shape index (κ2) is 9.27. The fourth-order valence-corrected chi connectivity index (χ4v) is 2.98. The Morgan fingerprint density at radius 2 is 2.04 bits per heavy atom. The molecule has 2 aromatic rings. The molecule has 0 spiro atoms. The van der Waals surface area contributed by atoms with Crippen molar-refractivity contribution in [2.75, 3.05) is 27.6 Å². The van der Waals surface area contributed by atoms with Gasteiger partial charge >= 0.3 is 0 Å². The highest BCUT2D eigenvalue weighted by Gasteiger charge is 2.16. The highest BCUT2D eigenvalue weighted by Crippen LogP contribution is 2.30. The summed E-state index contributed by atoms with van der Waals surface area (Å²) in [4.78, 5) is 4.32. The topological polar surface area (TPSA) is 87.3 Å². The van der Waals surface area contributed by atoms with Gasteiger partial charge < -0.3 is 30.0 Å². The standard InChI is InChI=1S/C20H24FN3O4/c1-25-17-4-3-13(7-18(17)26-2)10-24-20(22)23-6-5-14-8-16(21)9-15-11-27-12-28-19(14)15/h3-4,7-9H,5-6,10-12H2,1-2H3,(H3,22,23,24). The average molecular weight is 389 g/mol. The Bertz CT molecular complexity index is 858. The Hall–Kier alpha value is -3.00. The van der Waals surface area contributed by atoms with Gasteiger partial charge in [-0.25, -0.2) is 9.38 Å². The molecule has 0 unspecified atom stereocenters. The molecule has 2 aromatic carbocycles. The van der Waals surface area contributed by atoms with E-state index in [4.69, 9.17) is 24.7 Å². The van der Waals surface area contributed by atoms with Gasteiger partial charge in [-0.05, 0) is 41.8 Å². The van der Waals surface area contributed by atoms with Crippen LogP contribution in [0.25, 0.3) is 0 Å². The zero-order chi connectivity index (χ0) is 19.9. The fourth-order valence-electron chi connectivity index (χ4n) is 2.98. The zero-order valence-corrected chi connectivity index (χ0v) is 16.0. The second-order valence-corrected chi connectivity index (χ2v) is 6.23. The summed E-state index contributed by atoms with van der Waals surface area (Å²) in [5, 5.41) is 3.04. The van der Waals surface area contributed by atoms with E-state index in [1.807, 2.05) is 18.2 Å². The average Bonchev–Trinajstić information content (AvgIpc) is 2.71. The number of benzene rings is 2. The number of nitrogens with zero attached hydrogens (tertiary/aromatic N) is 1. The third-order valence-corrected chi connectivity index (χ3v) is 4.33. The van der Waals surface area contributed by atoms with Crippen molar-refractivity contribution in [3.8, 4) is 17.2 Å². The minimum Gasteiger partial charge on any atom is -0.493 e. The number of ether oxygens (including phenoxy) is 4. The van der Waals surface area contributed by atoms with Gasteiger partial charge in [-0.2, -0.15) is 0 Å². The number of hydrogen-bond donors (Lipinski definition) is 2. The monoisotopic (exact) mass is 389 g/mol. The van der Waals surface area contributed by atoms with E-state index in [9.17, 15) is 4.39 Å². The van der Waals surface area contributed by atoms with Crippen molar-refractivity contribution in [1.29, 1.82) is 0 Å². The first-order valence-corrected chi connectivity index (χ1v) is 8.87. The van der Waals surface area contributed by atoms with E-state index in [1.54, 1.807) is 14.2 Å². The number of fused-ring (bicyclic) bond motifs is 1. The smallest absolute Gasteiger partial charge is 0.189 e. The number of hydrogen-bond acceptors (Lipinski definition) is 5. The number of aliphatic imine (C=N–C) groups is 1. The molecule has 150 valence electrons. The van der Waals surface area contributed by atoms with Crippen molar-refractivity contribution >= 4 is 5.96 Å². The third kappa shape index (κ3) is 4.83. The van der Waals surface area contributed by atoms with Gasteiger partial charge in [0.1, 0.15) is 11.6 Å². The highest BCUT2D eigenvalue weighted by atomic mass is 19.1. The Morgan fingerprint density at radius 1 is 1.21 bits per heavy atom. The van der Waals surface area contributed by atoms with E-state index in [2.05, 4.69) is 10.3 Å². The van der Waals surface area contributed by atoms with Crippen LogP contribution in [0.1, 0.15) is 16.7 Å². The van der Waals surface area contributed by atoms with Crippen LogP contribution in [0.15, 0.2) is 35.3 Å². The Balaban J connectivity index is 1.56. The SMILES string of the molecule is COc1ccc(CN=C(N)NCCc2cc(F)cc3c2OCOC3)cc1OC. The van der Waals surface area contributed by atoms with E-state index in [0.29, 0.717) is 49.3 Å². The lowest BCUT2D eigenvalue weighted by molar-refractivity contribution is -0.0172. The molecule has 1 heterocycles. The predicted octanol–water partition coefficient (Wildman–Crippen LogP) is 2.36. The van der Waals surface area contributed by atoms with Gasteiger partial charge in [0.2, 0.25) is 0 Å². The Kier molecular flexibility index (Phi) is 6.54. The van der Waals surface area contributed by atoms with Crippen molar-refractivity contribution in [2.45, 2.75) is 19.6 Å². The van der Waals surface area contributed by atoms with Crippen molar-refractivity contribution < 1.29 is 23.3 Å². The van der Waals surface area contributed by atoms with Crippen LogP contribution in [0.4, 0.5) is 4.39 Å². The maximum Gasteiger partial charge on any atom is 0.189 e. The number of rotatable bonds is 7. The molecule has 0 radical (unpaired) electrons. The lowest BCUT2D eigenvalue weighted by Gasteiger charge is -2.21. The summed E-state index contributed by atoms with van der Waals surface area (Å²) in [7, 11) is 3.17. The van der Waals surface area contributed by atoms with E-state index < -0.39 is 0 Å². The van der Waals surface area contributed by atoms with E-state index in [-0.39, 0.29) is 12.6 Å². The van der Waals surface area contributed by atoms with Crippen LogP contribution < -0.4 is 25.3 Å². The number of nitrogens with one attached hydrogen (secondary N) is 1. The molecule has 0 atom stereocenters. The van der Waals surface area contributed by atoms with Gasteiger partial charge in [0.15, 0.2) is 24.3 Å². The highest BCUT2D eigenvalue weighted by molar-refractivity contribution is 5.77. The van der Waals surface area contributed by atoms with Crippen LogP contribution in [-0.4, -0.2) is 33.5 Å². The summed E-state index contributed by atoms with van der Waals surface area (Å²) in [6, 6.07) is 8.49. The summed E-state index contributed by atoms with van der Waals surface area (Å²) in [6.45, 7) is 1.42. The third-order valence-electron chi connectivity index (χ3n) is 4.33. The summed E-state index contributed by atoms with van der Waals surface area (Å²) < 4.78 is 35.0. The number of methoxy groups -OCH3 is 2. The molecule has 0 aliphatic carbocycles. The molecule has 3 rings (SSSR count). The molecule has 0 aromatic heterocycles. The van der Waals surface area contributed by atoms with Gasteiger partial charge in [0.25, 0.3) is 0 Å². The van der Waals surface area contributed by atoms with Gasteiger partial charge in [-0.15, -0.1) is 0 Å². The first kappa shape index (κ1) is 19.8. The maximum absolute atomic E-state index is 13.8. The largest absolute Gasteiger partial charge is 0.493 e. The number of guanidine groups is 1. The van der Waals surface area contributed by atoms with Crippen LogP contribution in [-0.2, 0) is 24.3 Å². The predicted molar refractivity (Wildman–Crippen MR) is 103 cm³/mol. The molecule has 0 amide bonds. The molecule has 0 saturated carbocycles. The zero-order valence-electron chi connectivity index (χ0n) is 16.0. The molecule has 0 bridgehead atoms. The molecule has 1 aliphatic rings. The number of halogens is 1. The van der Waals surface area contributed by atoms with Crippen LogP contribution in [0, 0.1) is 5.82 Å². The fraction of sp³-hybridized carbons (Fsp3) is 0.350. The van der Waals surface area contributed by atoms with Crippen LogP contribution >= 0.6 is 0 Å². The lowest BCUT2D eigenvalue weighted by atomic mass is 10.1. The van der Waals surface area contributed by atoms with Crippen LogP contribution in [0.2, 0.25) is 0 Å². The second-order valence-electron chi connectivity index (χ2n) is 6.23. The first-order valence-electron chi connectivity index (χ1n) is 8.87. The number of nitrogens with two attached hydrogens (primary N) is 1. The van der Waals surface area contributed by atoms with E-state index >= 15 is 0 Å². The molecule has 8 heteroatoms. The molecule has 1 aliphatic heterocycles. The molecular formula is C20H24FN3O4. The molecule has 0 fully saturated rings. The van der Waals surface area contributed by atoms with Gasteiger partial charge in [0.05, 0.1) is 27.4 Å². The van der Waals surface area contributed by atoms with Gasteiger partial charge in [-0.1, -0.05) is 6.07 Å². The van der Waals surface area contributed by atoms with Gasteiger partial charge in [0, 0.05) is 12.1 Å². The van der Waals surface area contributed by atoms with Crippen LogP contribution in [0.5, 0.6) is 17.2 Å². The molecule has 0 saturated heterocycles. The molecule has 28 heavy (non-hydrogen) atoms. The van der Waals surface area contributed by atoms with Crippen molar-refractivity contribution in [1.82, 2.24) is 5.32 Å². The van der Waals surface area contributed by atoms with E-state index in [0.717, 1.165) is 16.7 Å². The molecular weight excluding hydrogens is 365 g/mol. The normalized spacial score (nSPS) is 13.5. The summed E-state index contributed by atoms with van der Waals surface area (Å²) in [6.07, 6.45) is 0.548. The summed E-state index contributed by atoms with van der Waals surface area (Å²) >= 11 is 0. The Morgan fingerprint density at radius 3 is 2.82 bits per heavy atom. The quantitative estimate of drug-likeness (QED) is 0.558. The summed E-state index contributed by atoms with van der Waals surface area (Å²) in [5.41, 5.74) is 8.37. The minimum absolute atomic E-state index is 0.175. The van der Waals surface area contributed by atoms with Crippen molar-refractivity contribution in [3.63, 3.8) is 0 Å². The first-order chi connectivity index (χ1) is 13.6. The van der Waals surface area contributed by atoms with Gasteiger partial charge in [-0.3, -0.25) is 0 Å². The lowest BCUT2D eigenvalue weighted by Crippen LogP contribution is -2.33. The molecule has 7 nitrogen and oxygen atoms in total.